The summed E-state index contributed by atoms with van der Waals surface area (Å²) < 4.78 is 24.0. The SMILES string of the molecule is COc1ccc([CH2][Sn](=[O])[CH2]c2ccc(OC)cc2)cc1. The summed E-state index contributed by atoms with van der Waals surface area (Å²) in [4.78, 5) is 0. The molecule has 3 nitrogen and oxygen atoms in total. The Labute approximate surface area is 126 Å². The summed E-state index contributed by atoms with van der Waals surface area (Å²) in [5.74, 6) is 1.67. The summed E-state index contributed by atoms with van der Waals surface area (Å²) in [5.41, 5.74) is 2.26. The van der Waals surface area contributed by atoms with Crippen molar-refractivity contribution in [2.24, 2.45) is 0 Å². The molecule has 0 fully saturated rings. The van der Waals surface area contributed by atoms with Gasteiger partial charge < -0.3 is 0 Å². The molecule has 0 radical (unpaired) electrons. The van der Waals surface area contributed by atoms with Gasteiger partial charge in [-0.3, -0.25) is 0 Å². The Morgan fingerprint density at radius 1 is 0.750 bits per heavy atom. The van der Waals surface area contributed by atoms with Crippen LogP contribution in [0, 0.1) is 0 Å². The second kappa shape index (κ2) is 7.43. The van der Waals surface area contributed by atoms with E-state index >= 15 is 0 Å². The normalized spacial score (nSPS) is 10.1. The van der Waals surface area contributed by atoms with Crippen LogP contribution in [0.4, 0.5) is 0 Å². The fourth-order valence-electron chi connectivity index (χ4n) is 2.00. The molecule has 0 bridgehead atoms. The first-order valence-electron chi connectivity index (χ1n) is 6.49. The van der Waals surface area contributed by atoms with Gasteiger partial charge in [-0.25, -0.2) is 0 Å². The second-order valence-electron chi connectivity index (χ2n) is 4.59. The Bertz CT molecular complexity index is 510. The number of hydrogen-bond donors (Lipinski definition) is 0. The van der Waals surface area contributed by atoms with Crippen molar-refractivity contribution < 1.29 is 12.6 Å². The predicted molar refractivity (Wildman–Crippen MR) is 79.8 cm³/mol. The number of ether oxygens (including phenoxy) is 2. The van der Waals surface area contributed by atoms with E-state index in [0.717, 1.165) is 31.5 Å². The summed E-state index contributed by atoms with van der Waals surface area (Å²) >= 11 is -2.62. The monoisotopic (exact) mass is 378 g/mol. The molecule has 2 aromatic carbocycles. The standard InChI is InChI=1S/2C8H9O.O.Sn/c2*1-7-3-5-8(9-2)6-4-7;;/h2*3-6H,1H2,2H3;;. The van der Waals surface area contributed by atoms with Crippen LogP contribution < -0.4 is 9.47 Å². The quantitative estimate of drug-likeness (QED) is 0.727. The van der Waals surface area contributed by atoms with E-state index in [4.69, 9.17) is 9.47 Å². The van der Waals surface area contributed by atoms with E-state index in [2.05, 4.69) is 0 Å². The molecule has 20 heavy (non-hydrogen) atoms. The minimum absolute atomic E-state index is 0.720. The van der Waals surface area contributed by atoms with Gasteiger partial charge in [0, 0.05) is 0 Å². The number of methoxy groups -OCH3 is 2. The van der Waals surface area contributed by atoms with Crippen LogP contribution in [0.2, 0.25) is 0 Å². The van der Waals surface area contributed by atoms with Crippen molar-refractivity contribution in [3.05, 3.63) is 59.7 Å². The molecule has 0 N–H and O–H groups in total. The van der Waals surface area contributed by atoms with Gasteiger partial charge in [0.25, 0.3) is 0 Å². The number of rotatable bonds is 6. The molecular formula is C16H18O3Sn. The van der Waals surface area contributed by atoms with Gasteiger partial charge in [0.15, 0.2) is 0 Å². The molecule has 0 aliphatic heterocycles. The summed E-state index contributed by atoms with van der Waals surface area (Å²) in [6, 6.07) is 15.6. The summed E-state index contributed by atoms with van der Waals surface area (Å²) in [6.07, 6.45) is 0. The molecule has 0 aliphatic carbocycles. The number of benzene rings is 2. The molecule has 4 heteroatoms. The molecule has 0 aliphatic rings. The average Bonchev–Trinajstić information content (AvgIpc) is 2.49. The van der Waals surface area contributed by atoms with Crippen molar-refractivity contribution in [3.8, 4) is 11.5 Å². The third-order valence-electron chi connectivity index (χ3n) is 3.12. The Kier molecular flexibility index (Phi) is 5.58. The number of hydrogen-bond acceptors (Lipinski definition) is 3. The first-order chi connectivity index (χ1) is 9.71. The molecule has 0 saturated carbocycles. The second-order valence-corrected chi connectivity index (χ2v) is 9.68. The van der Waals surface area contributed by atoms with Gasteiger partial charge >= 0.3 is 127 Å². The van der Waals surface area contributed by atoms with Crippen LogP contribution >= 0.6 is 0 Å². The van der Waals surface area contributed by atoms with Crippen molar-refractivity contribution in [1.29, 1.82) is 0 Å². The fourth-order valence-corrected chi connectivity index (χ4v) is 6.31. The van der Waals surface area contributed by atoms with E-state index in [1.807, 2.05) is 48.5 Å². The summed E-state index contributed by atoms with van der Waals surface area (Å²) in [6.45, 7) is 0. The maximum atomic E-state index is 12.3. The van der Waals surface area contributed by atoms with Gasteiger partial charge in [-0.2, -0.15) is 0 Å². The van der Waals surface area contributed by atoms with Gasteiger partial charge in [0.05, 0.1) is 0 Å². The maximum absolute atomic E-state index is 12.3. The first kappa shape index (κ1) is 15.0. The Morgan fingerprint density at radius 2 is 1.10 bits per heavy atom. The Balaban J connectivity index is 1.93. The van der Waals surface area contributed by atoms with E-state index < -0.39 is 19.7 Å². The van der Waals surface area contributed by atoms with Crippen LogP contribution in [-0.2, 0) is 12.0 Å². The van der Waals surface area contributed by atoms with Crippen LogP contribution in [0.15, 0.2) is 48.5 Å². The predicted octanol–water partition coefficient (Wildman–Crippen LogP) is 2.99. The molecule has 104 valence electrons. The zero-order valence-electron chi connectivity index (χ0n) is 11.8. The van der Waals surface area contributed by atoms with Gasteiger partial charge in [-0.15, -0.1) is 0 Å². The summed E-state index contributed by atoms with van der Waals surface area (Å²) in [7, 11) is 3.29. The van der Waals surface area contributed by atoms with E-state index in [9.17, 15) is 3.08 Å². The van der Waals surface area contributed by atoms with Crippen LogP contribution in [-0.4, -0.2) is 34.0 Å². The molecule has 0 unspecified atom stereocenters. The van der Waals surface area contributed by atoms with E-state index in [1.54, 1.807) is 14.2 Å². The zero-order chi connectivity index (χ0) is 14.4. The van der Waals surface area contributed by atoms with Gasteiger partial charge in [0.2, 0.25) is 0 Å². The molecule has 0 spiro atoms. The molecule has 2 rings (SSSR count). The van der Waals surface area contributed by atoms with Gasteiger partial charge in [-0.1, -0.05) is 0 Å². The third-order valence-corrected chi connectivity index (χ3v) is 7.70. The van der Waals surface area contributed by atoms with Crippen LogP contribution in [0.25, 0.3) is 0 Å². The molecule has 0 heterocycles. The molecule has 0 saturated heterocycles. The first-order valence-corrected chi connectivity index (χ1v) is 11.7. The molecule has 0 amide bonds. The van der Waals surface area contributed by atoms with E-state index in [-0.39, 0.29) is 0 Å². The van der Waals surface area contributed by atoms with E-state index in [0.29, 0.717) is 0 Å². The minimum atomic E-state index is -2.62. The van der Waals surface area contributed by atoms with Crippen LogP contribution in [0.3, 0.4) is 0 Å². The van der Waals surface area contributed by atoms with E-state index in [1.165, 1.54) is 0 Å². The van der Waals surface area contributed by atoms with Crippen molar-refractivity contribution in [2.75, 3.05) is 14.2 Å². The third kappa shape index (κ3) is 4.33. The molecule has 0 atom stereocenters. The van der Waals surface area contributed by atoms with Crippen molar-refractivity contribution >= 4 is 19.7 Å². The topological polar surface area (TPSA) is 35.5 Å². The van der Waals surface area contributed by atoms with Crippen molar-refractivity contribution in [2.45, 2.75) is 8.87 Å². The fraction of sp³-hybridized carbons (Fsp3) is 0.250. The van der Waals surface area contributed by atoms with Crippen LogP contribution in [0.1, 0.15) is 11.1 Å². The molecular weight excluding hydrogens is 359 g/mol. The molecule has 0 aromatic heterocycles. The average molecular weight is 377 g/mol. The van der Waals surface area contributed by atoms with Crippen LogP contribution in [0.5, 0.6) is 11.5 Å². The molecule has 2 aromatic rings. The van der Waals surface area contributed by atoms with Crippen molar-refractivity contribution in [1.82, 2.24) is 0 Å². The van der Waals surface area contributed by atoms with Gasteiger partial charge in [0.1, 0.15) is 0 Å². The van der Waals surface area contributed by atoms with Gasteiger partial charge in [-0.05, 0) is 0 Å². The Morgan fingerprint density at radius 3 is 1.40 bits per heavy atom. The Hall–Kier alpha value is -1.36. The summed E-state index contributed by atoms with van der Waals surface area (Å²) in [5, 5.41) is 0. The zero-order valence-corrected chi connectivity index (χ0v) is 14.6. The van der Waals surface area contributed by atoms with Crippen molar-refractivity contribution in [3.63, 3.8) is 0 Å².